The number of carbonyl (C=O) groups is 4. The van der Waals surface area contributed by atoms with Crippen LogP contribution in [-0.4, -0.2) is 90.5 Å². The molecular formula is C34H47F2N3O9. The highest BCUT2D eigenvalue weighted by Crippen LogP contribution is 2.30. The number of carbonyl (C=O) groups excluding carboxylic acids is 4. The largest absolute Gasteiger partial charge is 0.467 e. The van der Waals surface area contributed by atoms with Gasteiger partial charge in [-0.15, -0.1) is 0 Å². The van der Waals surface area contributed by atoms with Crippen LogP contribution in [0.2, 0.25) is 0 Å². The Hall–Kier alpha value is -4.14. The summed E-state index contributed by atoms with van der Waals surface area (Å²) < 4.78 is 51.1. The molecule has 0 bridgehead atoms. The summed E-state index contributed by atoms with van der Waals surface area (Å²) in [7, 11) is 2.18. The van der Waals surface area contributed by atoms with Gasteiger partial charge in [0.25, 0.3) is 5.92 Å². The average molecular weight is 680 g/mol. The Morgan fingerprint density at radius 2 is 1.27 bits per heavy atom. The van der Waals surface area contributed by atoms with Crippen LogP contribution in [0.1, 0.15) is 71.4 Å². The SMILES string of the molecule is COC(=O)[C@H](CCC(F)(F)CNC(=O)[C@@H](NC(O)OC)C(c1ccccc1)c1ccccc1)N(C(=O)OC(C)(C)C)C(=O)OC(C)(C)C. The Kier molecular flexibility index (Phi) is 14.4. The van der Waals surface area contributed by atoms with Crippen molar-refractivity contribution >= 4 is 24.1 Å². The number of hydrogen-bond donors (Lipinski definition) is 3. The highest BCUT2D eigenvalue weighted by atomic mass is 19.3. The average Bonchev–Trinajstić information content (AvgIpc) is 3.00. The number of esters is 1. The van der Waals surface area contributed by atoms with Crippen molar-refractivity contribution in [1.29, 1.82) is 0 Å². The maximum atomic E-state index is 15.4. The molecule has 0 aromatic heterocycles. The molecule has 0 saturated heterocycles. The van der Waals surface area contributed by atoms with Gasteiger partial charge in [0.05, 0.1) is 13.7 Å². The first-order chi connectivity index (χ1) is 22.3. The lowest BCUT2D eigenvalue weighted by molar-refractivity contribution is -0.147. The summed E-state index contributed by atoms with van der Waals surface area (Å²) in [5, 5.41) is 15.2. The topological polar surface area (TPSA) is 153 Å². The highest BCUT2D eigenvalue weighted by molar-refractivity contribution is 5.94. The molecule has 0 aliphatic heterocycles. The van der Waals surface area contributed by atoms with Gasteiger partial charge in [-0.05, 0) is 59.1 Å². The van der Waals surface area contributed by atoms with Gasteiger partial charge >= 0.3 is 18.2 Å². The summed E-state index contributed by atoms with van der Waals surface area (Å²) >= 11 is 0. The minimum atomic E-state index is -3.64. The molecule has 14 heteroatoms. The van der Waals surface area contributed by atoms with Gasteiger partial charge in [0.15, 0.2) is 0 Å². The Balaban J connectivity index is 2.34. The minimum Gasteiger partial charge on any atom is -0.467 e. The summed E-state index contributed by atoms with van der Waals surface area (Å²) in [6.45, 7) is 7.96. The van der Waals surface area contributed by atoms with E-state index < -0.39 is 85.0 Å². The first-order valence-corrected chi connectivity index (χ1v) is 15.3. The van der Waals surface area contributed by atoms with Crippen molar-refractivity contribution in [3.63, 3.8) is 0 Å². The van der Waals surface area contributed by atoms with Crippen LogP contribution in [0.4, 0.5) is 18.4 Å². The van der Waals surface area contributed by atoms with Crippen LogP contribution in [0.5, 0.6) is 0 Å². The third-order valence-electron chi connectivity index (χ3n) is 6.75. The summed E-state index contributed by atoms with van der Waals surface area (Å²) in [5.41, 5.74) is -0.886. The molecule has 3 atom stereocenters. The van der Waals surface area contributed by atoms with Gasteiger partial charge in [0.1, 0.15) is 23.3 Å². The van der Waals surface area contributed by atoms with Crippen LogP contribution >= 0.6 is 0 Å². The van der Waals surface area contributed by atoms with Gasteiger partial charge in [-0.3, -0.25) is 10.1 Å². The smallest absolute Gasteiger partial charge is 0.420 e. The number of rotatable bonds is 14. The molecule has 266 valence electrons. The Morgan fingerprint density at radius 3 is 1.67 bits per heavy atom. The monoisotopic (exact) mass is 679 g/mol. The minimum absolute atomic E-state index is 0.327. The number of nitrogens with one attached hydrogen (secondary N) is 2. The number of amides is 3. The molecule has 0 aliphatic carbocycles. The second-order valence-corrected chi connectivity index (χ2v) is 13.0. The summed E-state index contributed by atoms with van der Waals surface area (Å²) in [6.07, 6.45) is -6.00. The second kappa shape index (κ2) is 17.3. The van der Waals surface area contributed by atoms with Crippen molar-refractivity contribution in [2.45, 2.75) is 95.9 Å². The van der Waals surface area contributed by atoms with Crippen LogP contribution in [0.15, 0.2) is 60.7 Å². The van der Waals surface area contributed by atoms with Gasteiger partial charge < -0.3 is 29.4 Å². The number of nitrogens with zero attached hydrogens (tertiary/aromatic N) is 1. The van der Waals surface area contributed by atoms with E-state index in [9.17, 15) is 24.3 Å². The van der Waals surface area contributed by atoms with E-state index in [-0.39, 0.29) is 0 Å². The molecule has 3 amide bonds. The Labute approximate surface area is 280 Å². The molecule has 0 radical (unpaired) electrons. The zero-order valence-corrected chi connectivity index (χ0v) is 28.6. The van der Waals surface area contributed by atoms with Crippen LogP contribution in [0.3, 0.4) is 0 Å². The van der Waals surface area contributed by atoms with Crippen molar-refractivity contribution in [1.82, 2.24) is 15.5 Å². The van der Waals surface area contributed by atoms with Gasteiger partial charge in [-0.1, -0.05) is 60.7 Å². The molecular weight excluding hydrogens is 632 g/mol. The van der Waals surface area contributed by atoms with E-state index in [2.05, 4.69) is 10.6 Å². The van der Waals surface area contributed by atoms with Gasteiger partial charge in [-0.25, -0.2) is 23.2 Å². The van der Waals surface area contributed by atoms with Crippen LogP contribution in [0, 0.1) is 0 Å². The van der Waals surface area contributed by atoms with Crippen LogP contribution in [-0.2, 0) is 28.5 Å². The van der Waals surface area contributed by atoms with Crippen molar-refractivity contribution in [2.75, 3.05) is 20.8 Å². The number of ether oxygens (including phenoxy) is 4. The van der Waals surface area contributed by atoms with Crippen molar-refractivity contribution in [3.05, 3.63) is 71.8 Å². The number of benzene rings is 2. The van der Waals surface area contributed by atoms with E-state index in [1.807, 2.05) is 0 Å². The molecule has 0 saturated carbocycles. The molecule has 1 unspecified atom stereocenters. The third kappa shape index (κ3) is 12.8. The van der Waals surface area contributed by atoms with Crippen molar-refractivity contribution in [2.24, 2.45) is 0 Å². The van der Waals surface area contributed by atoms with Crippen molar-refractivity contribution in [3.8, 4) is 0 Å². The fourth-order valence-corrected chi connectivity index (χ4v) is 4.65. The quantitative estimate of drug-likeness (QED) is 0.142. The number of aliphatic hydroxyl groups is 1. The molecule has 48 heavy (non-hydrogen) atoms. The maximum absolute atomic E-state index is 15.4. The van der Waals surface area contributed by atoms with Crippen LogP contribution < -0.4 is 10.6 Å². The fourth-order valence-electron chi connectivity index (χ4n) is 4.65. The standard InChI is InChI=1S/C34H47F2N3O9/c1-32(2,3)47-30(43)39(31(44)48-33(4,5)6)24(28(41)45-7)19-20-34(35,36)21-37-27(40)26(38-29(42)46-8)25(22-15-11-9-12-16-22)23-17-13-10-14-18-23/h9-18,24-26,29,38,42H,19-21H2,1-8H3,(H,37,40)/t24-,26-,29?/m0/s1. The summed E-state index contributed by atoms with van der Waals surface area (Å²) in [5.74, 6) is -6.41. The van der Waals surface area contributed by atoms with E-state index in [1.165, 1.54) is 48.7 Å². The number of methoxy groups -OCH3 is 2. The summed E-state index contributed by atoms with van der Waals surface area (Å²) in [6, 6.07) is 14.6. The van der Waals surface area contributed by atoms with Crippen molar-refractivity contribution < 1.29 is 52.0 Å². The molecule has 2 aromatic carbocycles. The van der Waals surface area contributed by atoms with E-state index >= 15 is 8.78 Å². The van der Waals surface area contributed by atoms with Gasteiger partial charge in [0, 0.05) is 19.4 Å². The Bertz CT molecular complexity index is 1280. The van der Waals surface area contributed by atoms with E-state index in [0.29, 0.717) is 16.0 Å². The maximum Gasteiger partial charge on any atom is 0.420 e. The number of alkyl halides is 2. The molecule has 3 N–H and O–H groups in total. The van der Waals surface area contributed by atoms with Gasteiger partial charge in [0.2, 0.25) is 12.3 Å². The highest BCUT2D eigenvalue weighted by Gasteiger charge is 2.43. The lowest BCUT2D eigenvalue weighted by atomic mass is 9.84. The molecule has 0 fully saturated rings. The van der Waals surface area contributed by atoms with Gasteiger partial charge in [-0.2, -0.15) is 4.90 Å². The number of halogens is 2. The lowest BCUT2D eigenvalue weighted by Gasteiger charge is -2.33. The molecule has 2 rings (SSSR count). The normalized spacial score (nSPS) is 14.0. The van der Waals surface area contributed by atoms with E-state index in [4.69, 9.17) is 18.9 Å². The first kappa shape index (κ1) is 40.0. The number of imide groups is 1. The number of aliphatic hydroxyl groups excluding tert-OH is 1. The lowest BCUT2D eigenvalue weighted by Crippen LogP contribution is -2.54. The molecule has 0 heterocycles. The first-order valence-electron chi connectivity index (χ1n) is 15.3. The molecule has 12 nitrogen and oxygen atoms in total. The molecule has 2 aromatic rings. The number of hydrogen-bond acceptors (Lipinski definition) is 10. The summed E-state index contributed by atoms with van der Waals surface area (Å²) in [4.78, 5) is 52.9. The predicted molar refractivity (Wildman–Crippen MR) is 172 cm³/mol. The van der Waals surface area contributed by atoms with E-state index in [0.717, 1.165) is 7.11 Å². The molecule has 0 spiro atoms. The Morgan fingerprint density at radius 1 is 0.812 bits per heavy atom. The zero-order valence-electron chi connectivity index (χ0n) is 28.6. The molecule has 0 aliphatic rings. The van der Waals surface area contributed by atoms with E-state index in [1.54, 1.807) is 60.7 Å². The second-order valence-electron chi connectivity index (χ2n) is 13.0. The fraction of sp³-hybridized carbons (Fsp3) is 0.529. The predicted octanol–water partition coefficient (Wildman–Crippen LogP) is 4.94. The zero-order chi connectivity index (χ0) is 36.3. The van der Waals surface area contributed by atoms with Crippen LogP contribution in [0.25, 0.3) is 0 Å². The third-order valence-corrected chi connectivity index (χ3v) is 6.75.